The molecule has 24 heavy (non-hydrogen) atoms. The van der Waals surface area contributed by atoms with Gasteiger partial charge in [-0.15, -0.1) is 0 Å². The molecule has 0 saturated carbocycles. The monoisotopic (exact) mass is 325 g/mol. The van der Waals surface area contributed by atoms with Gasteiger partial charge in [0.2, 0.25) is 0 Å². The van der Waals surface area contributed by atoms with Crippen LogP contribution in [0.1, 0.15) is 45.2 Å². The van der Waals surface area contributed by atoms with Crippen LogP contribution in [0.4, 0.5) is 5.69 Å². The fraction of sp³-hybridized carbons (Fsp3) is 0.263. The SMILES string of the molecule is CCN1CCCc2cc(C(=O)c3ccccc3C(=O)O)c(O)cc21. The molecule has 0 atom stereocenters. The normalized spacial score (nSPS) is 13.5. The molecule has 1 aliphatic heterocycles. The smallest absolute Gasteiger partial charge is 0.336 e. The minimum Gasteiger partial charge on any atom is -0.507 e. The van der Waals surface area contributed by atoms with Crippen LogP contribution >= 0.6 is 0 Å². The second-order valence-electron chi connectivity index (χ2n) is 5.86. The van der Waals surface area contributed by atoms with Gasteiger partial charge in [0, 0.05) is 30.4 Å². The number of anilines is 1. The largest absolute Gasteiger partial charge is 0.507 e. The fourth-order valence-electron chi connectivity index (χ4n) is 3.22. The van der Waals surface area contributed by atoms with Crippen molar-refractivity contribution in [1.29, 1.82) is 0 Å². The van der Waals surface area contributed by atoms with Gasteiger partial charge < -0.3 is 15.1 Å². The Morgan fingerprint density at radius 1 is 1.12 bits per heavy atom. The molecule has 2 aromatic carbocycles. The first-order chi connectivity index (χ1) is 11.5. The summed E-state index contributed by atoms with van der Waals surface area (Å²) in [4.78, 5) is 26.3. The molecule has 0 bridgehead atoms. The van der Waals surface area contributed by atoms with Crippen LogP contribution in [0.5, 0.6) is 5.75 Å². The number of rotatable bonds is 4. The Labute approximate surface area is 140 Å². The van der Waals surface area contributed by atoms with E-state index in [2.05, 4.69) is 4.90 Å². The third-order valence-corrected chi connectivity index (χ3v) is 4.44. The average molecular weight is 325 g/mol. The third-order valence-electron chi connectivity index (χ3n) is 4.44. The molecular formula is C19H19NO4. The quantitative estimate of drug-likeness (QED) is 0.845. The van der Waals surface area contributed by atoms with Crippen LogP contribution in [0, 0.1) is 0 Å². The standard InChI is InChI=1S/C19H19NO4/c1-2-20-9-5-6-12-10-15(17(21)11-16(12)20)18(22)13-7-3-4-8-14(13)19(23)24/h3-4,7-8,10-11,21H,2,5-6,9H2,1H3,(H,23,24). The molecule has 0 saturated heterocycles. The van der Waals surface area contributed by atoms with E-state index in [4.69, 9.17) is 0 Å². The molecule has 0 unspecified atom stereocenters. The Bertz CT molecular complexity index is 813. The van der Waals surface area contributed by atoms with E-state index < -0.39 is 11.8 Å². The number of carboxylic acid groups (broad SMARTS) is 1. The van der Waals surface area contributed by atoms with Gasteiger partial charge in [0.05, 0.1) is 11.1 Å². The van der Waals surface area contributed by atoms with Crippen LogP contribution in [0.25, 0.3) is 0 Å². The second kappa shape index (κ2) is 6.35. The highest BCUT2D eigenvalue weighted by Gasteiger charge is 2.24. The summed E-state index contributed by atoms with van der Waals surface area (Å²) < 4.78 is 0. The van der Waals surface area contributed by atoms with Gasteiger partial charge in [-0.05, 0) is 37.5 Å². The molecule has 0 aliphatic carbocycles. The molecule has 0 spiro atoms. The van der Waals surface area contributed by atoms with Gasteiger partial charge in [-0.1, -0.05) is 18.2 Å². The van der Waals surface area contributed by atoms with Crippen LogP contribution in [-0.4, -0.2) is 35.1 Å². The zero-order chi connectivity index (χ0) is 17.3. The molecule has 5 heteroatoms. The van der Waals surface area contributed by atoms with Gasteiger partial charge in [-0.25, -0.2) is 4.79 Å². The van der Waals surface area contributed by atoms with Crippen molar-refractivity contribution in [2.45, 2.75) is 19.8 Å². The van der Waals surface area contributed by atoms with E-state index in [1.54, 1.807) is 24.3 Å². The van der Waals surface area contributed by atoms with Crippen LogP contribution in [0.3, 0.4) is 0 Å². The van der Waals surface area contributed by atoms with Crippen molar-refractivity contribution in [3.05, 3.63) is 58.7 Å². The highest BCUT2D eigenvalue weighted by molar-refractivity contribution is 6.15. The third kappa shape index (κ3) is 2.73. The molecule has 1 aliphatic rings. The number of carboxylic acids is 1. The molecule has 2 N–H and O–H groups in total. The van der Waals surface area contributed by atoms with Crippen LogP contribution < -0.4 is 4.90 Å². The van der Waals surface area contributed by atoms with Gasteiger partial charge in [0.1, 0.15) is 5.75 Å². The van der Waals surface area contributed by atoms with Gasteiger partial charge >= 0.3 is 5.97 Å². The predicted octanol–water partition coefficient (Wildman–Crippen LogP) is 3.09. The number of phenols is 1. The van der Waals surface area contributed by atoms with E-state index >= 15 is 0 Å². The summed E-state index contributed by atoms with van der Waals surface area (Å²) in [7, 11) is 0. The number of aromatic carboxylic acids is 1. The topological polar surface area (TPSA) is 77.8 Å². The van der Waals surface area contributed by atoms with Crippen LogP contribution in [0.15, 0.2) is 36.4 Å². The lowest BCUT2D eigenvalue weighted by Gasteiger charge is -2.30. The number of hydrogen-bond donors (Lipinski definition) is 2. The summed E-state index contributed by atoms with van der Waals surface area (Å²) in [5.41, 5.74) is 2.14. The Kier molecular flexibility index (Phi) is 4.25. The first-order valence-electron chi connectivity index (χ1n) is 8.00. The van der Waals surface area contributed by atoms with Crippen molar-refractivity contribution in [1.82, 2.24) is 0 Å². The zero-order valence-corrected chi connectivity index (χ0v) is 13.5. The molecule has 124 valence electrons. The van der Waals surface area contributed by atoms with Crippen molar-refractivity contribution < 1.29 is 19.8 Å². The summed E-state index contributed by atoms with van der Waals surface area (Å²) in [5, 5.41) is 19.6. The van der Waals surface area contributed by atoms with E-state index in [9.17, 15) is 19.8 Å². The number of carbonyl (C=O) groups is 2. The van der Waals surface area contributed by atoms with Gasteiger partial charge in [0.15, 0.2) is 5.78 Å². The van der Waals surface area contributed by atoms with Crippen molar-refractivity contribution in [2.24, 2.45) is 0 Å². The minimum absolute atomic E-state index is 0.0604. The Morgan fingerprint density at radius 2 is 1.83 bits per heavy atom. The maximum atomic E-state index is 12.8. The molecule has 0 fully saturated rings. The second-order valence-corrected chi connectivity index (χ2v) is 5.86. The number of benzene rings is 2. The molecule has 0 amide bonds. The minimum atomic E-state index is -1.16. The van der Waals surface area contributed by atoms with Crippen molar-refractivity contribution in [3.63, 3.8) is 0 Å². The van der Waals surface area contributed by atoms with Gasteiger partial charge in [0.25, 0.3) is 0 Å². The lowest BCUT2D eigenvalue weighted by Crippen LogP contribution is -2.29. The average Bonchev–Trinajstić information content (AvgIpc) is 2.60. The number of aromatic hydroxyl groups is 1. The lowest BCUT2D eigenvalue weighted by molar-refractivity contribution is 0.0692. The van der Waals surface area contributed by atoms with Crippen molar-refractivity contribution in [2.75, 3.05) is 18.0 Å². The fourth-order valence-corrected chi connectivity index (χ4v) is 3.22. The number of ketones is 1. The zero-order valence-electron chi connectivity index (χ0n) is 13.5. The highest BCUT2D eigenvalue weighted by atomic mass is 16.4. The summed E-state index contributed by atoms with van der Waals surface area (Å²) in [5.74, 6) is -1.74. The molecule has 1 heterocycles. The summed E-state index contributed by atoms with van der Waals surface area (Å²) >= 11 is 0. The van der Waals surface area contributed by atoms with E-state index in [0.717, 1.165) is 37.2 Å². The Hall–Kier alpha value is -2.82. The Morgan fingerprint density at radius 3 is 2.50 bits per heavy atom. The van der Waals surface area contributed by atoms with E-state index in [1.807, 2.05) is 6.92 Å². The number of aryl methyl sites for hydroxylation is 1. The van der Waals surface area contributed by atoms with E-state index in [-0.39, 0.29) is 22.4 Å². The number of carbonyl (C=O) groups excluding carboxylic acids is 1. The molecular weight excluding hydrogens is 306 g/mol. The number of nitrogens with zero attached hydrogens (tertiary/aromatic N) is 1. The van der Waals surface area contributed by atoms with Crippen LogP contribution in [0.2, 0.25) is 0 Å². The van der Waals surface area contributed by atoms with Gasteiger partial charge in [-0.2, -0.15) is 0 Å². The van der Waals surface area contributed by atoms with Crippen molar-refractivity contribution in [3.8, 4) is 5.75 Å². The predicted molar refractivity (Wildman–Crippen MR) is 91.1 cm³/mol. The molecule has 0 radical (unpaired) electrons. The maximum Gasteiger partial charge on any atom is 0.336 e. The molecule has 0 aromatic heterocycles. The molecule has 5 nitrogen and oxygen atoms in total. The molecule has 3 rings (SSSR count). The van der Waals surface area contributed by atoms with Gasteiger partial charge in [-0.3, -0.25) is 4.79 Å². The first kappa shape index (κ1) is 16.1. The number of hydrogen-bond acceptors (Lipinski definition) is 4. The van der Waals surface area contributed by atoms with E-state index in [0.29, 0.717) is 0 Å². The molecule has 2 aromatic rings. The van der Waals surface area contributed by atoms with Crippen LogP contribution in [-0.2, 0) is 6.42 Å². The van der Waals surface area contributed by atoms with E-state index in [1.165, 1.54) is 12.1 Å². The maximum absolute atomic E-state index is 12.8. The summed E-state index contributed by atoms with van der Waals surface area (Å²) in [6.07, 6.45) is 1.83. The summed E-state index contributed by atoms with van der Waals surface area (Å²) in [6, 6.07) is 9.38. The Balaban J connectivity index is 2.08. The lowest BCUT2D eigenvalue weighted by atomic mass is 9.93. The summed E-state index contributed by atoms with van der Waals surface area (Å²) in [6.45, 7) is 3.81. The number of phenolic OH excluding ortho intramolecular Hbond substituents is 1. The number of fused-ring (bicyclic) bond motifs is 1. The first-order valence-corrected chi connectivity index (χ1v) is 8.00. The highest BCUT2D eigenvalue weighted by Crippen LogP contribution is 2.34. The van der Waals surface area contributed by atoms with Crippen molar-refractivity contribution >= 4 is 17.4 Å².